The summed E-state index contributed by atoms with van der Waals surface area (Å²) >= 11 is 0. The molecule has 4 rings (SSSR count). The normalized spacial score (nSPS) is 14.8. The van der Waals surface area contributed by atoms with E-state index in [0.29, 0.717) is 25.2 Å². The molecule has 1 aromatic carbocycles. The molecule has 3 aromatic rings. The van der Waals surface area contributed by atoms with E-state index in [1.54, 1.807) is 24.5 Å². The van der Waals surface area contributed by atoms with Crippen LogP contribution in [0.15, 0.2) is 48.8 Å². The average molecular weight is 434 g/mol. The molecule has 8 nitrogen and oxygen atoms in total. The molecule has 8 heteroatoms. The highest BCUT2D eigenvalue weighted by Gasteiger charge is 2.23. The Morgan fingerprint density at radius 3 is 2.53 bits per heavy atom. The van der Waals surface area contributed by atoms with Gasteiger partial charge in [0.2, 0.25) is 0 Å². The summed E-state index contributed by atoms with van der Waals surface area (Å²) in [5.41, 5.74) is 1.65. The van der Waals surface area contributed by atoms with Crippen molar-refractivity contribution < 1.29 is 4.79 Å². The van der Waals surface area contributed by atoms with Crippen LogP contribution in [0, 0.1) is 0 Å². The van der Waals surface area contributed by atoms with E-state index in [4.69, 9.17) is 9.97 Å². The highest BCUT2D eigenvalue weighted by Crippen LogP contribution is 2.21. The van der Waals surface area contributed by atoms with Gasteiger partial charge in [-0.05, 0) is 51.3 Å². The number of para-hydroxylation sites is 1. The van der Waals surface area contributed by atoms with Crippen molar-refractivity contribution in [1.82, 2.24) is 29.7 Å². The quantitative estimate of drug-likeness (QED) is 0.547. The molecule has 0 bridgehead atoms. The van der Waals surface area contributed by atoms with Gasteiger partial charge in [0.05, 0.1) is 12.1 Å². The molecule has 0 radical (unpaired) electrons. The Balaban J connectivity index is 1.39. The summed E-state index contributed by atoms with van der Waals surface area (Å²) in [7, 11) is 4.17. The largest absolute Gasteiger partial charge is 0.369 e. The maximum Gasteiger partial charge on any atom is 0.254 e. The van der Waals surface area contributed by atoms with Gasteiger partial charge in [-0.25, -0.2) is 9.97 Å². The van der Waals surface area contributed by atoms with Crippen LogP contribution in [0.2, 0.25) is 0 Å². The first-order chi connectivity index (χ1) is 15.6. The Kier molecular flexibility index (Phi) is 7.24. The van der Waals surface area contributed by atoms with Gasteiger partial charge in [-0.1, -0.05) is 12.1 Å². The number of aromatic nitrogens is 3. The number of benzene rings is 1. The zero-order valence-electron chi connectivity index (χ0n) is 18.9. The average Bonchev–Trinajstić information content (AvgIpc) is 2.82. The maximum absolute atomic E-state index is 12.7. The maximum atomic E-state index is 12.7. The molecular weight excluding hydrogens is 402 g/mol. The monoisotopic (exact) mass is 433 g/mol. The lowest BCUT2D eigenvalue weighted by Crippen LogP contribution is -2.48. The number of pyridine rings is 1. The minimum atomic E-state index is 0.0678. The first-order valence-corrected chi connectivity index (χ1v) is 11.2. The minimum absolute atomic E-state index is 0.0678. The van der Waals surface area contributed by atoms with E-state index in [9.17, 15) is 4.79 Å². The van der Waals surface area contributed by atoms with Crippen LogP contribution in [0.3, 0.4) is 0 Å². The molecule has 1 aliphatic heterocycles. The van der Waals surface area contributed by atoms with Gasteiger partial charge in [0.15, 0.2) is 0 Å². The molecule has 32 heavy (non-hydrogen) atoms. The zero-order valence-corrected chi connectivity index (χ0v) is 18.9. The zero-order chi connectivity index (χ0) is 22.3. The number of amides is 1. The van der Waals surface area contributed by atoms with E-state index in [1.165, 1.54) is 0 Å². The van der Waals surface area contributed by atoms with E-state index < -0.39 is 0 Å². The van der Waals surface area contributed by atoms with E-state index in [-0.39, 0.29) is 5.91 Å². The third kappa shape index (κ3) is 5.57. The van der Waals surface area contributed by atoms with E-state index >= 15 is 0 Å². The molecule has 0 spiro atoms. The highest BCUT2D eigenvalue weighted by atomic mass is 16.2. The van der Waals surface area contributed by atoms with Crippen LogP contribution in [0.25, 0.3) is 10.9 Å². The lowest BCUT2D eigenvalue weighted by Gasteiger charge is -2.34. The molecular formula is C24H31N7O. The van der Waals surface area contributed by atoms with Crippen LogP contribution in [-0.2, 0) is 6.54 Å². The molecule has 2 aromatic heterocycles. The molecule has 0 unspecified atom stereocenters. The topological polar surface area (TPSA) is 77.5 Å². The second-order valence-corrected chi connectivity index (χ2v) is 8.39. The minimum Gasteiger partial charge on any atom is -0.369 e. The van der Waals surface area contributed by atoms with Crippen molar-refractivity contribution in [3.63, 3.8) is 0 Å². The summed E-state index contributed by atoms with van der Waals surface area (Å²) in [5, 5.41) is 4.56. The number of piperazine rings is 1. The number of carbonyl (C=O) groups excluding carboxylic acids is 1. The molecule has 0 saturated carbocycles. The van der Waals surface area contributed by atoms with Crippen molar-refractivity contribution >= 4 is 22.6 Å². The SMILES string of the molecule is CN(C)CCCNc1nc(CN2CCN(C(=O)c3ccncc3)CC2)nc2ccccc12. The van der Waals surface area contributed by atoms with Crippen molar-refractivity contribution in [3.05, 3.63) is 60.2 Å². The van der Waals surface area contributed by atoms with Crippen LogP contribution in [0.1, 0.15) is 22.6 Å². The molecule has 0 atom stereocenters. The molecule has 0 aliphatic carbocycles. The summed E-state index contributed by atoms with van der Waals surface area (Å²) in [6, 6.07) is 11.7. The Hall–Kier alpha value is -3.10. The van der Waals surface area contributed by atoms with E-state index in [2.05, 4.69) is 40.3 Å². The van der Waals surface area contributed by atoms with Gasteiger partial charge >= 0.3 is 0 Å². The van der Waals surface area contributed by atoms with Gasteiger partial charge < -0.3 is 15.1 Å². The molecule has 168 valence electrons. The summed E-state index contributed by atoms with van der Waals surface area (Å²) in [4.78, 5) is 32.7. The number of rotatable bonds is 8. The van der Waals surface area contributed by atoms with E-state index in [1.807, 2.05) is 23.1 Å². The van der Waals surface area contributed by atoms with Crippen LogP contribution >= 0.6 is 0 Å². The third-order valence-electron chi connectivity index (χ3n) is 5.68. The van der Waals surface area contributed by atoms with Crippen molar-refractivity contribution in [2.24, 2.45) is 0 Å². The second-order valence-electron chi connectivity index (χ2n) is 8.39. The first kappa shape index (κ1) is 22.1. The van der Waals surface area contributed by atoms with Gasteiger partial charge in [-0.3, -0.25) is 14.7 Å². The number of nitrogens with one attached hydrogen (secondary N) is 1. The van der Waals surface area contributed by atoms with Crippen molar-refractivity contribution in [2.75, 3.05) is 58.7 Å². The van der Waals surface area contributed by atoms with Crippen LogP contribution in [0.5, 0.6) is 0 Å². The first-order valence-electron chi connectivity index (χ1n) is 11.2. The fraction of sp³-hybridized carbons (Fsp3) is 0.417. The van der Waals surface area contributed by atoms with Gasteiger partial charge in [-0.2, -0.15) is 0 Å². The number of anilines is 1. The van der Waals surface area contributed by atoms with Gasteiger partial charge in [-0.15, -0.1) is 0 Å². The lowest BCUT2D eigenvalue weighted by atomic mass is 10.2. The van der Waals surface area contributed by atoms with Crippen molar-refractivity contribution in [2.45, 2.75) is 13.0 Å². The Bertz CT molecular complexity index is 1030. The second kappa shape index (κ2) is 10.5. The predicted octanol–water partition coefficient (Wildman–Crippen LogP) is 2.35. The van der Waals surface area contributed by atoms with Gasteiger partial charge in [0.25, 0.3) is 5.91 Å². The molecule has 1 aliphatic rings. The Morgan fingerprint density at radius 1 is 1.03 bits per heavy atom. The summed E-state index contributed by atoms with van der Waals surface area (Å²) < 4.78 is 0. The fourth-order valence-electron chi connectivity index (χ4n) is 3.92. The summed E-state index contributed by atoms with van der Waals surface area (Å²) in [5.74, 6) is 1.78. The number of carbonyl (C=O) groups is 1. The van der Waals surface area contributed by atoms with Crippen LogP contribution < -0.4 is 5.32 Å². The molecule has 1 N–H and O–H groups in total. The standard InChI is InChI=1S/C24H31N7O/c1-29(2)13-5-10-26-23-20-6-3-4-7-21(20)27-22(28-23)18-30-14-16-31(17-15-30)24(32)19-8-11-25-12-9-19/h3-4,6-9,11-12H,5,10,13-18H2,1-2H3,(H,26,27,28). The van der Waals surface area contributed by atoms with Crippen LogP contribution in [-0.4, -0.2) is 88.9 Å². The Labute approximate surface area is 189 Å². The number of fused-ring (bicyclic) bond motifs is 1. The van der Waals surface area contributed by atoms with Crippen molar-refractivity contribution in [3.8, 4) is 0 Å². The van der Waals surface area contributed by atoms with Crippen LogP contribution in [0.4, 0.5) is 5.82 Å². The van der Waals surface area contributed by atoms with Gasteiger partial charge in [0.1, 0.15) is 11.6 Å². The number of hydrogen-bond donors (Lipinski definition) is 1. The lowest BCUT2D eigenvalue weighted by molar-refractivity contribution is 0.0625. The smallest absolute Gasteiger partial charge is 0.254 e. The summed E-state index contributed by atoms with van der Waals surface area (Å²) in [6.45, 7) is 5.58. The summed E-state index contributed by atoms with van der Waals surface area (Å²) in [6.07, 6.45) is 4.37. The van der Waals surface area contributed by atoms with E-state index in [0.717, 1.165) is 55.1 Å². The molecule has 1 saturated heterocycles. The number of hydrogen-bond acceptors (Lipinski definition) is 7. The third-order valence-corrected chi connectivity index (χ3v) is 5.68. The fourth-order valence-corrected chi connectivity index (χ4v) is 3.92. The molecule has 3 heterocycles. The molecule has 1 fully saturated rings. The Morgan fingerprint density at radius 2 is 1.78 bits per heavy atom. The highest BCUT2D eigenvalue weighted by molar-refractivity contribution is 5.94. The molecule has 1 amide bonds. The predicted molar refractivity (Wildman–Crippen MR) is 127 cm³/mol. The van der Waals surface area contributed by atoms with Crippen molar-refractivity contribution in [1.29, 1.82) is 0 Å². The number of nitrogens with zero attached hydrogens (tertiary/aromatic N) is 6. The van der Waals surface area contributed by atoms with Gasteiger partial charge in [0, 0.05) is 56.1 Å².